The van der Waals surface area contributed by atoms with Crippen LogP contribution in [0.25, 0.3) is 0 Å². The third-order valence-corrected chi connectivity index (χ3v) is 4.59. The van der Waals surface area contributed by atoms with E-state index in [1.165, 1.54) is 0 Å². The average molecular weight is 308 g/mol. The summed E-state index contributed by atoms with van der Waals surface area (Å²) in [6, 6.07) is 7.13. The molecule has 3 N–H and O–H groups in total. The van der Waals surface area contributed by atoms with E-state index in [0.717, 1.165) is 5.46 Å². The van der Waals surface area contributed by atoms with Gasteiger partial charge in [0.2, 0.25) is 0 Å². The maximum absolute atomic E-state index is 10.0. The van der Waals surface area contributed by atoms with E-state index < -0.39 is 30.5 Å². The summed E-state index contributed by atoms with van der Waals surface area (Å²) in [4.78, 5) is 0. The van der Waals surface area contributed by atoms with Gasteiger partial charge in [-0.1, -0.05) is 24.3 Å². The van der Waals surface area contributed by atoms with Gasteiger partial charge in [-0.3, -0.25) is 0 Å². The second kappa shape index (κ2) is 6.30. The molecule has 5 nitrogen and oxygen atoms in total. The Morgan fingerprint density at radius 3 is 1.95 bits per heavy atom. The lowest BCUT2D eigenvalue weighted by Gasteiger charge is -2.32. The second-order valence-corrected chi connectivity index (χ2v) is 6.78. The van der Waals surface area contributed by atoms with Gasteiger partial charge in [0.15, 0.2) is 0 Å². The molecule has 122 valence electrons. The van der Waals surface area contributed by atoms with Crippen LogP contribution in [0.1, 0.15) is 45.8 Å². The molecule has 1 saturated heterocycles. The Kier molecular flexibility index (Phi) is 4.99. The van der Waals surface area contributed by atoms with Gasteiger partial charge in [0, 0.05) is 6.61 Å². The van der Waals surface area contributed by atoms with Crippen LogP contribution in [0, 0.1) is 0 Å². The molecule has 2 unspecified atom stereocenters. The topological polar surface area (TPSA) is 79.2 Å². The third kappa shape index (κ3) is 3.36. The molecule has 1 aliphatic heterocycles. The molecule has 0 radical (unpaired) electrons. The molecule has 1 aromatic rings. The Morgan fingerprint density at radius 2 is 1.50 bits per heavy atom. The highest BCUT2D eigenvalue weighted by Gasteiger charge is 2.51. The minimum Gasteiger partial charge on any atom is -0.399 e. The van der Waals surface area contributed by atoms with Crippen LogP contribution in [0.3, 0.4) is 0 Å². The Balaban J connectivity index is 2.10. The number of aliphatic hydroxyl groups excluding tert-OH is 3. The Morgan fingerprint density at radius 1 is 1.00 bits per heavy atom. The molecule has 0 aliphatic carbocycles. The summed E-state index contributed by atoms with van der Waals surface area (Å²) in [7, 11) is -0.446. The SMILES string of the molecule is CC1(C)OB(c2ccc(C(O)C(O)CCO)cc2)OC1(C)C. The Labute approximate surface area is 132 Å². The van der Waals surface area contributed by atoms with Crippen LogP contribution in [0.15, 0.2) is 24.3 Å². The fourth-order valence-corrected chi connectivity index (χ4v) is 2.34. The van der Waals surface area contributed by atoms with Crippen molar-refractivity contribution in [2.24, 2.45) is 0 Å². The summed E-state index contributed by atoms with van der Waals surface area (Å²) in [5.74, 6) is 0. The standard InChI is InChI=1S/C16H25BO5/c1-15(2)16(3,4)22-17(21-15)12-7-5-11(6-8-12)14(20)13(19)9-10-18/h5-8,13-14,18-20H,9-10H2,1-4H3. The molecule has 0 saturated carbocycles. The van der Waals surface area contributed by atoms with E-state index in [9.17, 15) is 10.2 Å². The summed E-state index contributed by atoms with van der Waals surface area (Å²) in [5, 5.41) is 28.6. The first-order chi connectivity index (χ1) is 10.2. The van der Waals surface area contributed by atoms with Gasteiger partial charge in [-0.2, -0.15) is 0 Å². The van der Waals surface area contributed by atoms with E-state index in [1.54, 1.807) is 12.1 Å². The first-order valence-corrected chi connectivity index (χ1v) is 7.60. The van der Waals surface area contributed by atoms with Gasteiger partial charge in [0.25, 0.3) is 0 Å². The Bertz CT molecular complexity index is 484. The minimum atomic E-state index is -1.01. The fourth-order valence-electron chi connectivity index (χ4n) is 2.34. The normalized spacial score (nSPS) is 22.6. The lowest BCUT2D eigenvalue weighted by Crippen LogP contribution is -2.41. The lowest BCUT2D eigenvalue weighted by atomic mass is 9.78. The third-order valence-electron chi connectivity index (χ3n) is 4.59. The van der Waals surface area contributed by atoms with Crippen molar-refractivity contribution >= 4 is 12.6 Å². The van der Waals surface area contributed by atoms with Gasteiger partial charge in [0.05, 0.1) is 17.3 Å². The monoisotopic (exact) mass is 308 g/mol. The van der Waals surface area contributed by atoms with Crippen molar-refractivity contribution in [1.82, 2.24) is 0 Å². The molecule has 1 heterocycles. The van der Waals surface area contributed by atoms with Crippen molar-refractivity contribution in [3.63, 3.8) is 0 Å². The highest BCUT2D eigenvalue weighted by molar-refractivity contribution is 6.62. The van der Waals surface area contributed by atoms with E-state index in [1.807, 2.05) is 39.8 Å². The number of rotatable bonds is 5. The maximum Gasteiger partial charge on any atom is 0.494 e. The highest BCUT2D eigenvalue weighted by Crippen LogP contribution is 2.36. The summed E-state index contributed by atoms with van der Waals surface area (Å²) in [6.07, 6.45) is -1.85. The zero-order chi connectivity index (χ0) is 16.5. The molecule has 0 bridgehead atoms. The molecule has 0 aromatic heterocycles. The van der Waals surface area contributed by atoms with Crippen molar-refractivity contribution in [3.05, 3.63) is 29.8 Å². The van der Waals surface area contributed by atoms with Crippen molar-refractivity contribution in [1.29, 1.82) is 0 Å². The van der Waals surface area contributed by atoms with E-state index in [4.69, 9.17) is 14.4 Å². The van der Waals surface area contributed by atoms with Crippen molar-refractivity contribution in [3.8, 4) is 0 Å². The van der Waals surface area contributed by atoms with Crippen LogP contribution >= 0.6 is 0 Å². The summed E-state index contributed by atoms with van der Waals surface area (Å²) < 4.78 is 11.9. The molecule has 2 rings (SSSR count). The molecule has 22 heavy (non-hydrogen) atoms. The van der Waals surface area contributed by atoms with Gasteiger partial charge >= 0.3 is 7.12 Å². The molecule has 0 spiro atoms. The molecular weight excluding hydrogens is 283 g/mol. The molecule has 0 amide bonds. The van der Waals surface area contributed by atoms with E-state index in [0.29, 0.717) is 5.56 Å². The predicted octanol–water partition coefficient (Wildman–Crippen LogP) is 0.762. The van der Waals surface area contributed by atoms with Gasteiger partial charge in [0.1, 0.15) is 6.10 Å². The molecule has 1 aliphatic rings. The van der Waals surface area contributed by atoms with Crippen LogP contribution in [-0.2, 0) is 9.31 Å². The van der Waals surface area contributed by atoms with Gasteiger partial charge in [-0.05, 0) is 45.1 Å². The van der Waals surface area contributed by atoms with E-state index in [-0.39, 0.29) is 13.0 Å². The van der Waals surface area contributed by atoms with Gasteiger partial charge < -0.3 is 24.6 Å². The number of benzene rings is 1. The highest BCUT2D eigenvalue weighted by atomic mass is 16.7. The number of hydrogen-bond donors (Lipinski definition) is 3. The number of hydrogen-bond acceptors (Lipinski definition) is 5. The summed E-state index contributed by atoms with van der Waals surface area (Å²) in [5.41, 5.74) is 0.674. The first kappa shape index (κ1) is 17.4. The van der Waals surface area contributed by atoms with Crippen LogP contribution in [0.4, 0.5) is 0 Å². The molecule has 1 fully saturated rings. The van der Waals surface area contributed by atoms with Crippen molar-refractivity contribution in [2.75, 3.05) is 6.61 Å². The van der Waals surface area contributed by atoms with Gasteiger partial charge in [-0.15, -0.1) is 0 Å². The summed E-state index contributed by atoms with van der Waals surface area (Å²) >= 11 is 0. The number of aliphatic hydroxyl groups is 3. The molecular formula is C16H25BO5. The lowest BCUT2D eigenvalue weighted by molar-refractivity contribution is 0.00423. The van der Waals surface area contributed by atoms with Crippen LogP contribution in [0.5, 0.6) is 0 Å². The smallest absolute Gasteiger partial charge is 0.399 e. The molecule has 6 heteroatoms. The van der Waals surface area contributed by atoms with Crippen molar-refractivity contribution in [2.45, 2.75) is 57.5 Å². The average Bonchev–Trinajstić information content (AvgIpc) is 2.67. The quantitative estimate of drug-likeness (QED) is 0.700. The second-order valence-electron chi connectivity index (χ2n) is 6.78. The van der Waals surface area contributed by atoms with Crippen molar-refractivity contribution < 1.29 is 24.6 Å². The summed E-state index contributed by atoms with van der Waals surface area (Å²) in [6.45, 7) is 7.82. The Hall–Kier alpha value is -0.915. The zero-order valence-corrected chi connectivity index (χ0v) is 13.6. The van der Waals surface area contributed by atoms with E-state index >= 15 is 0 Å². The predicted molar refractivity (Wildman–Crippen MR) is 84.8 cm³/mol. The van der Waals surface area contributed by atoms with Crippen LogP contribution in [0.2, 0.25) is 0 Å². The van der Waals surface area contributed by atoms with E-state index in [2.05, 4.69) is 0 Å². The van der Waals surface area contributed by atoms with Crippen LogP contribution in [-0.4, -0.2) is 46.4 Å². The van der Waals surface area contributed by atoms with Crippen LogP contribution < -0.4 is 5.46 Å². The van der Waals surface area contributed by atoms with Gasteiger partial charge in [-0.25, -0.2) is 0 Å². The maximum atomic E-state index is 10.0. The minimum absolute atomic E-state index is 0.139. The fraction of sp³-hybridized carbons (Fsp3) is 0.625. The molecule has 2 atom stereocenters. The zero-order valence-electron chi connectivity index (χ0n) is 13.6. The molecule has 1 aromatic carbocycles. The first-order valence-electron chi connectivity index (χ1n) is 7.60. The largest absolute Gasteiger partial charge is 0.494 e.